The largest absolute Gasteiger partial charge is 0.473 e. The molecule has 10 nitrogen and oxygen atoms in total. The lowest BCUT2D eigenvalue weighted by molar-refractivity contribution is 0.147. The summed E-state index contributed by atoms with van der Waals surface area (Å²) < 4.78 is 16.5. The maximum atomic E-state index is 6.44. The Balaban J connectivity index is 1.48. The Morgan fingerprint density at radius 1 is 1.14 bits per heavy atom. The first kappa shape index (κ1) is 22.8. The van der Waals surface area contributed by atoms with Crippen molar-refractivity contribution in [2.24, 2.45) is 14.1 Å². The summed E-state index contributed by atoms with van der Waals surface area (Å²) in [5.74, 6) is 1.43. The highest BCUT2D eigenvalue weighted by Crippen LogP contribution is 2.34. The predicted octanol–water partition coefficient (Wildman–Crippen LogP) is 2.82. The lowest BCUT2D eigenvalue weighted by Gasteiger charge is -2.23. The van der Waals surface area contributed by atoms with Crippen LogP contribution < -0.4 is 14.8 Å². The summed E-state index contributed by atoms with van der Waals surface area (Å²) in [4.78, 5) is 2.25. The van der Waals surface area contributed by atoms with Gasteiger partial charge in [0.2, 0.25) is 11.8 Å². The summed E-state index contributed by atoms with van der Waals surface area (Å²) in [7, 11) is 6.00. The molecule has 1 fully saturated rings. The zero-order valence-electron chi connectivity index (χ0n) is 21.2. The zero-order valence-corrected chi connectivity index (χ0v) is 21.2. The van der Waals surface area contributed by atoms with Gasteiger partial charge in [0.15, 0.2) is 0 Å². The molecule has 2 aliphatic rings. The van der Waals surface area contributed by atoms with Crippen LogP contribution in [0.4, 0.5) is 0 Å². The number of H-pyrrole nitrogens is 1. The van der Waals surface area contributed by atoms with Gasteiger partial charge in [-0.2, -0.15) is 10.2 Å². The molecule has 0 radical (unpaired) electrons. The highest BCUT2D eigenvalue weighted by Gasteiger charge is 2.24. The number of likely N-dealkylation sites (N-methyl/N-ethyl adjacent to an activating group) is 1. The summed E-state index contributed by atoms with van der Waals surface area (Å²) in [6, 6.07) is 6.24. The third-order valence-electron chi connectivity index (χ3n) is 6.96. The number of rotatable bonds is 2. The van der Waals surface area contributed by atoms with Crippen LogP contribution >= 0.6 is 0 Å². The number of nitrogens with zero attached hydrogens (tertiary/aromatic N) is 6. The van der Waals surface area contributed by atoms with Gasteiger partial charge >= 0.3 is 0 Å². The van der Waals surface area contributed by atoms with Crippen LogP contribution in [0.15, 0.2) is 24.4 Å². The van der Waals surface area contributed by atoms with Gasteiger partial charge in [-0.1, -0.05) is 6.07 Å². The van der Waals surface area contributed by atoms with Gasteiger partial charge < -0.3 is 14.8 Å². The maximum Gasteiger partial charge on any atom is 0.240 e. The van der Waals surface area contributed by atoms with E-state index in [1.54, 1.807) is 4.68 Å². The third kappa shape index (κ3) is 4.16. The van der Waals surface area contributed by atoms with Gasteiger partial charge in [0.05, 0.1) is 34.2 Å². The average molecular weight is 489 g/mol. The minimum Gasteiger partial charge on any atom is -0.473 e. The summed E-state index contributed by atoms with van der Waals surface area (Å²) in [6.45, 7) is 5.34. The number of fused-ring (bicyclic) bond motifs is 4. The van der Waals surface area contributed by atoms with Crippen molar-refractivity contribution in [2.45, 2.75) is 32.1 Å². The smallest absolute Gasteiger partial charge is 0.240 e. The van der Waals surface area contributed by atoms with Crippen molar-refractivity contribution in [2.75, 3.05) is 26.7 Å². The normalized spacial score (nSPS) is 21.6. The number of nitrogens with one attached hydrogen (secondary N) is 2. The standard InChI is InChI=1S/C26H32N8O2/c1-16-14-32(2)15-24-19(25(31-33(24)3)36-18-9-10-27-12-18)6-8-23-20-11-17(5-7-22(20)29-30-23)21-13-28-34(4)26(21)35-16/h5-8,11,13,16,18,27H,9-10,12,14-15H2,1-4H3,(H,29,30)/b8-6+/t16-,18-/m0/s1. The van der Waals surface area contributed by atoms with Gasteiger partial charge in [0, 0.05) is 39.1 Å². The molecule has 0 amide bonds. The van der Waals surface area contributed by atoms with E-state index in [0.717, 1.165) is 70.9 Å². The zero-order chi connectivity index (χ0) is 24.8. The second kappa shape index (κ2) is 9.11. The van der Waals surface area contributed by atoms with Gasteiger partial charge in [0.1, 0.15) is 12.2 Å². The number of hydrogen-bond donors (Lipinski definition) is 2. The first-order valence-corrected chi connectivity index (χ1v) is 12.4. The highest BCUT2D eigenvalue weighted by molar-refractivity contribution is 5.93. The molecule has 2 N–H and O–H groups in total. The SMILES string of the molecule is C[C@H]1CN(C)Cc2c(c(O[C@H]3CCNC3)nn2C)/C=C/c2[nH]nc3ccc(cc23)-c2cnn(C)c2O1. The van der Waals surface area contributed by atoms with E-state index < -0.39 is 0 Å². The maximum absolute atomic E-state index is 6.44. The molecule has 2 bridgehead atoms. The Morgan fingerprint density at radius 2 is 2.03 bits per heavy atom. The average Bonchev–Trinajstić information content (AvgIpc) is 3.62. The Bertz CT molecular complexity index is 1430. The quantitative estimate of drug-likeness (QED) is 0.448. The third-order valence-corrected chi connectivity index (χ3v) is 6.96. The van der Waals surface area contributed by atoms with Crippen molar-refractivity contribution in [1.29, 1.82) is 0 Å². The fourth-order valence-electron chi connectivity index (χ4n) is 5.12. The molecule has 10 heteroatoms. The molecule has 0 saturated carbocycles. The molecular formula is C26H32N8O2. The second-order valence-corrected chi connectivity index (χ2v) is 9.84. The van der Waals surface area contributed by atoms with Gasteiger partial charge in [-0.05, 0) is 56.8 Å². The van der Waals surface area contributed by atoms with Gasteiger partial charge in [-0.3, -0.25) is 14.7 Å². The molecule has 36 heavy (non-hydrogen) atoms. The topological polar surface area (TPSA) is 98.0 Å². The molecule has 188 valence electrons. The van der Waals surface area contributed by atoms with Crippen molar-refractivity contribution in [3.63, 3.8) is 0 Å². The van der Waals surface area contributed by atoms with E-state index in [-0.39, 0.29) is 12.2 Å². The number of benzene rings is 1. The van der Waals surface area contributed by atoms with Gasteiger partial charge in [-0.15, -0.1) is 5.10 Å². The molecule has 2 atom stereocenters. The summed E-state index contributed by atoms with van der Waals surface area (Å²) in [5, 5.41) is 21.4. The van der Waals surface area contributed by atoms with E-state index in [9.17, 15) is 0 Å². The molecule has 0 spiro atoms. The predicted molar refractivity (Wildman–Crippen MR) is 139 cm³/mol. The molecule has 5 heterocycles. The van der Waals surface area contributed by atoms with Crippen molar-refractivity contribution < 1.29 is 9.47 Å². The minimum absolute atomic E-state index is 0.0463. The molecule has 6 rings (SSSR count). The monoisotopic (exact) mass is 488 g/mol. The van der Waals surface area contributed by atoms with E-state index >= 15 is 0 Å². The van der Waals surface area contributed by atoms with Crippen LogP contribution in [-0.2, 0) is 20.6 Å². The van der Waals surface area contributed by atoms with E-state index in [4.69, 9.17) is 14.6 Å². The van der Waals surface area contributed by atoms with E-state index in [0.29, 0.717) is 12.4 Å². The highest BCUT2D eigenvalue weighted by atomic mass is 16.5. The van der Waals surface area contributed by atoms with Crippen LogP contribution in [-0.4, -0.2) is 73.5 Å². The van der Waals surface area contributed by atoms with Crippen LogP contribution in [0.25, 0.3) is 34.2 Å². The summed E-state index contributed by atoms with van der Waals surface area (Å²) >= 11 is 0. The van der Waals surface area contributed by atoms with Crippen LogP contribution in [0.3, 0.4) is 0 Å². The molecule has 1 saturated heterocycles. The molecule has 1 aromatic carbocycles. The second-order valence-electron chi connectivity index (χ2n) is 9.84. The first-order valence-electron chi connectivity index (χ1n) is 12.4. The molecule has 0 unspecified atom stereocenters. The number of ether oxygens (including phenoxy) is 2. The number of aryl methyl sites for hydroxylation is 2. The Kier molecular flexibility index (Phi) is 5.77. The molecule has 2 aliphatic heterocycles. The van der Waals surface area contributed by atoms with Gasteiger partial charge in [-0.25, -0.2) is 4.68 Å². The Morgan fingerprint density at radius 3 is 2.86 bits per heavy atom. The van der Waals surface area contributed by atoms with Crippen molar-refractivity contribution in [3.8, 4) is 22.9 Å². The van der Waals surface area contributed by atoms with E-state index in [2.05, 4.69) is 63.8 Å². The van der Waals surface area contributed by atoms with Crippen molar-refractivity contribution >= 4 is 23.1 Å². The number of aromatic amines is 1. The Labute approximate surface area is 209 Å². The van der Waals surface area contributed by atoms with Crippen LogP contribution in [0, 0.1) is 0 Å². The Hall–Kier alpha value is -3.63. The first-order chi connectivity index (χ1) is 17.5. The van der Waals surface area contributed by atoms with Gasteiger partial charge in [0.25, 0.3) is 0 Å². The molecule has 0 aliphatic carbocycles. The van der Waals surface area contributed by atoms with Crippen LogP contribution in [0.5, 0.6) is 11.8 Å². The van der Waals surface area contributed by atoms with E-state index in [1.807, 2.05) is 31.0 Å². The summed E-state index contributed by atoms with van der Waals surface area (Å²) in [6.07, 6.45) is 7.10. The summed E-state index contributed by atoms with van der Waals surface area (Å²) in [5.41, 5.74) is 5.92. The molecule has 3 aromatic heterocycles. The minimum atomic E-state index is -0.0463. The number of aromatic nitrogens is 6. The molecular weight excluding hydrogens is 456 g/mol. The fraction of sp³-hybridized carbons (Fsp3) is 0.423. The lowest BCUT2D eigenvalue weighted by Crippen LogP contribution is -2.32. The van der Waals surface area contributed by atoms with Crippen molar-refractivity contribution in [3.05, 3.63) is 41.3 Å². The van der Waals surface area contributed by atoms with Crippen LogP contribution in [0.2, 0.25) is 0 Å². The molecule has 4 aromatic rings. The lowest BCUT2D eigenvalue weighted by atomic mass is 10.1. The number of hydrogen-bond acceptors (Lipinski definition) is 7. The fourth-order valence-corrected chi connectivity index (χ4v) is 5.12. The van der Waals surface area contributed by atoms with E-state index in [1.165, 1.54) is 0 Å². The van der Waals surface area contributed by atoms with Crippen LogP contribution in [0.1, 0.15) is 30.3 Å². The van der Waals surface area contributed by atoms with Crippen molar-refractivity contribution in [1.82, 2.24) is 40.0 Å².